The predicted molar refractivity (Wildman–Crippen MR) is 59.2 cm³/mol. The Kier molecular flexibility index (Phi) is 1.23. The summed E-state index contributed by atoms with van der Waals surface area (Å²) in [7, 11) is 0. The zero-order chi connectivity index (χ0) is 9.81. The minimum absolute atomic E-state index is 0.0660. The number of allylic oxidation sites excluding steroid dienone is 7. The van der Waals surface area contributed by atoms with Gasteiger partial charge in [-0.05, 0) is 24.6 Å². The van der Waals surface area contributed by atoms with Crippen molar-refractivity contribution in [3.63, 3.8) is 0 Å². The van der Waals surface area contributed by atoms with Crippen LogP contribution in [0.3, 0.4) is 0 Å². The Morgan fingerprint density at radius 1 is 1.14 bits per heavy atom. The molecule has 0 spiro atoms. The molecule has 2 aliphatic carbocycles. The molecule has 3 aliphatic rings. The van der Waals surface area contributed by atoms with E-state index < -0.39 is 0 Å². The Bertz CT molecular complexity index is 410. The van der Waals surface area contributed by atoms with Crippen LogP contribution in [0.5, 0.6) is 0 Å². The predicted octanol–water partition coefficient (Wildman–Crippen LogP) is 3.03. The molecule has 0 saturated carbocycles. The van der Waals surface area contributed by atoms with E-state index in [1.165, 1.54) is 11.3 Å². The lowest BCUT2D eigenvalue weighted by Gasteiger charge is -2.35. The summed E-state index contributed by atoms with van der Waals surface area (Å²) in [6, 6.07) is 0. The molecule has 0 fully saturated rings. The molecule has 0 aromatic heterocycles. The maximum absolute atomic E-state index is 4.50. The number of rotatable bonds is 0. The first-order chi connectivity index (χ1) is 6.67. The third-order valence-corrected chi connectivity index (χ3v) is 3.94. The van der Waals surface area contributed by atoms with E-state index in [-0.39, 0.29) is 10.8 Å². The third-order valence-electron chi connectivity index (χ3n) is 3.94. The molecular weight excluding hydrogens is 170 g/mol. The van der Waals surface area contributed by atoms with Crippen LogP contribution >= 0.6 is 0 Å². The molecule has 0 amide bonds. The van der Waals surface area contributed by atoms with Crippen LogP contribution in [0.2, 0.25) is 0 Å². The quantitative estimate of drug-likeness (QED) is 0.547. The molecule has 1 aliphatic heterocycles. The average molecular weight is 183 g/mol. The van der Waals surface area contributed by atoms with Crippen molar-refractivity contribution in [3.8, 4) is 0 Å². The van der Waals surface area contributed by atoms with E-state index in [0.717, 1.165) is 0 Å². The highest BCUT2D eigenvalue weighted by atomic mass is 14.8. The van der Waals surface area contributed by atoms with Gasteiger partial charge < -0.3 is 0 Å². The third kappa shape index (κ3) is 0.661. The smallest absolute Gasteiger partial charge is 0.0515 e. The standard InChI is InChI=1S/C13H13N/c1-12-7-5-10-4-3-9-14-11(6-8-12)13(10,12)2/h3-9H,1-2H3/t12?,13-/m1/s1. The molecule has 1 nitrogen and oxygen atoms in total. The van der Waals surface area contributed by atoms with Gasteiger partial charge in [-0.15, -0.1) is 0 Å². The van der Waals surface area contributed by atoms with E-state index in [1.54, 1.807) is 0 Å². The second kappa shape index (κ2) is 2.17. The van der Waals surface area contributed by atoms with Gasteiger partial charge in [0.1, 0.15) is 0 Å². The second-order valence-corrected chi connectivity index (χ2v) is 4.55. The number of hydrogen-bond donors (Lipinski definition) is 0. The van der Waals surface area contributed by atoms with Crippen molar-refractivity contribution >= 4 is 5.71 Å². The summed E-state index contributed by atoms with van der Waals surface area (Å²) >= 11 is 0. The molecule has 0 saturated heterocycles. The Hall–Kier alpha value is -1.37. The summed E-state index contributed by atoms with van der Waals surface area (Å²) in [5, 5.41) is 0. The summed E-state index contributed by atoms with van der Waals surface area (Å²) in [4.78, 5) is 4.50. The number of nitrogens with zero attached hydrogens (tertiary/aromatic N) is 1. The van der Waals surface area contributed by atoms with Crippen molar-refractivity contribution in [1.29, 1.82) is 0 Å². The van der Waals surface area contributed by atoms with Crippen molar-refractivity contribution in [2.45, 2.75) is 13.8 Å². The normalized spacial score (nSPS) is 42.1. The molecule has 2 atom stereocenters. The summed E-state index contributed by atoms with van der Waals surface area (Å²) in [6.45, 7) is 4.55. The zero-order valence-electron chi connectivity index (χ0n) is 8.49. The van der Waals surface area contributed by atoms with Crippen LogP contribution in [0, 0.1) is 10.8 Å². The van der Waals surface area contributed by atoms with Crippen molar-refractivity contribution in [2.75, 3.05) is 0 Å². The fraction of sp³-hybridized carbons (Fsp3) is 0.308. The maximum Gasteiger partial charge on any atom is 0.0515 e. The maximum atomic E-state index is 4.50. The lowest BCUT2D eigenvalue weighted by atomic mass is 9.67. The highest BCUT2D eigenvalue weighted by Crippen LogP contribution is 2.57. The summed E-state index contributed by atoms with van der Waals surface area (Å²) < 4.78 is 0. The van der Waals surface area contributed by atoms with Gasteiger partial charge in [-0.25, -0.2) is 0 Å². The lowest BCUT2D eigenvalue weighted by molar-refractivity contribution is 0.364. The van der Waals surface area contributed by atoms with Gasteiger partial charge in [-0.2, -0.15) is 0 Å². The Labute approximate surface area is 84.2 Å². The summed E-state index contributed by atoms with van der Waals surface area (Å²) in [5.41, 5.74) is 2.75. The number of aliphatic imine (C=N–C) groups is 1. The van der Waals surface area contributed by atoms with Gasteiger partial charge >= 0.3 is 0 Å². The summed E-state index contributed by atoms with van der Waals surface area (Å²) in [5.74, 6) is 0. The van der Waals surface area contributed by atoms with E-state index in [1.807, 2.05) is 12.3 Å². The highest BCUT2D eigenvalue weighted by Gasteiger charge is 2.52. The van der Waals surface area contributed by atoms with Crippen molar-refractivity contribution in [2.24, 2.45) is 15.8 Å². The molecule has 0 radical (unpaired) electrons. The van der Waals surface area contributed by atoms with Gasteiger partial charge in [0, 0.05) is 17.0 Å². The minimum Gasteiger partial charge on any atom is -0.260 e. The molecule has 0 N–H and O–H groups in total. The van der Waals surface area contributed by atoms with Gasteiger partial charge in [0.25, 0.3) is 0 Å². The average Bonchev–Trinajstić information content (AvgIpc) is 2.49. The molecule has 1 heterocycles. The van der Waals surface area contributed by atoms with Crippen LogP contribution in [-0.4, -0.2) is 5.71 Å². The molecule has 0 aromatic rings. The molecular formula is C13H13N. The van der Waals surface area contributed by atoms with E-state index in [2.05, 4.69) is 49.2 Å². The van der Waals surface area contributed by atoms with E-state index in [9.17, 15) is 0 Å². The SMILES string of the molecule is CC12C=CC3=CC=CN=C(C=C1)[C@@]32C. The van der Waals surface area contributed by atoms with Crippen molar-refractivity contribution < 1.29 is 0 Å². The van der Waals surface area contributed by atoms with Crippen LogP contribution in [0.1, 0.15) is 13.8 Å². The van der Waals surface area contributed by atoms with Gasteiger partial charge in [0.2, 0.25) is 0 Å². The molecule has 70 valence electrons. The van der Waals surface area contributed by atoms with Crippen LogP contribution in [0.4, 0.5) is 0 Å². The number of hydrogen-bond acceptors (Lipinski definition) is 1. The summed E-state index contributed by atoms with van der Waals surface area (Å²) in [6.07, 6.45) is 15.0. The first-order valence-corrected chi connectivity index (χ1v) is 5.01. The van der Waals surface area contributed by atoms with Crippen LogP contribution < -0.4 is 0 Å². The first kappa shape index (κ1) is 7.98. The Morgan fingerprint density at radius 2 is 1.93 bits per heavy atom. The van der Waals surface area contributed by atoms with E-state index >= 15 is 0 Å². The Balaban J connectivity index is 2.34. The first-order valence-electron chi connectivity index (χ1n) is 5.01. The van der Waals surface area contributed by atoms with Crippen molar-refractivity contribution in [3.05, 3.63) is 48.2 Å². The second-order valence-electron chi connectivity index (χ2n) is 4.55. The lowest BCUT2D eigenvalue weighted by Crippen LogP contribution is -2.34. The molecule has 3 rings (SSSR count). The van der Waals surface area contributed by atoms with Gasteiger partial charge in [0.05, 0.1) is 5.71 Å². The van der Waals surface area contributed by atoms with Crippen LogP contribution in [0.15, 0.2) is 53.2 Å². The fourth-order valence-corrected chi connectivity index (χ4v) is 2.64. The zero-order valence-corrected chi connectivity index (χ0v) is 8.49. The fourth-order valence-electron chi connectivity index (χ4n) is 2.64. The van der Waals surface area contributed by atoms with E-state index in [4.69, 9.17) is 0 Å². The van der Waals surface area contributed by atoms with E-state index in [0.29, 0.717) is 0 Å². The molecule has 1 heteroatoms. The Morgan fingerprint density at radius 3 is 2.79 bits per heavy atom. The van der Waals surface area contributed by atoms with Crippen LogP contribution in [0.25, 0.3) is 0 Å². The monoisotopic (exact) mass is 183 g/mol. The van der Waals surface area contributed by atoms with Gasteiger partial charge in [-0.1, -0.05) is 31.2 Å². The molecule has 0 bridgehead atoms. The molecule has 14 heavy (non-hydrogen) atoms. The highest BCUT2D eigenvalue weighted by molar-refractivity contribution is 6.07. The molecule has 0 aromatic carbocycles. The van der Waals surface area contributed by atoms with Gasteiger partial charge in [0.15, 0.2) is 0 Å². The van der Waals surface area contributed by atoms with Crippen molar-refractivity contribution in [1.82, 2.24) is 0 Å². The topological polar surface area (TPSA) is 12.4 Å². The van der Waals surface area contributed by atoms with Gasteiger partial charge in [-0.3, -0.25) is 4.99 Å². The largest absolute Gasteiger partial charge is 0.260 e. The van der Waals surface area contributed by atoms with Crippen LogP contribution in [-0.2, 0) is 0 Å². The minimum atomic E-state index is 0.0660. The molecule has 1 unspecified atom stereocenters.